The van der Waals surface area contributed by atoms with E-state index in [1.807, 2.05) is 6.92 Å². The van der Waals surface area contributed by atoms with Crippen molar-refractivity contribution in [2.24, 2.45) is 5.73 Å². The van der Waals surface area contributed by atoms with Gasteiger partial charge < -0.3 is 10.2 Å². The summed E-state index contributed by atoms with van der Waals surface area (Å²) in [5, 5.41) is 0.484. The second kappa shape index (κ2) is 4.07. The first-order chi connectivity index (χ1) is 7.93. The second-order valence-corrected chi connectivity index (χ2v) is 4.04. The van der Waals surface area contributed by atoms with E-state index in [-0.39, 0.29) is 5.92 Å². The van der Waals surface area contributed by atoms with E-state index in [1.165, 1.54) is 12.3 Å². The first kappa shape index (κ1) is 12.0. The van der Waals surface area contributed by atoms with E-state index in [9.17, 15) is 13.2 Å². The van der Waals surface area contributed by atoms with E-state index >= 15 is 0 Å². The molecule has 1 atom stereocenters. The Hall–Kier alpha value is -1.49. The van der Waals surface area contributed by atoms with E-state index in [4.69, 9.17) is 10.2 Å². The summed E-state index contributed by atoms with van der Waals surface area (Å²) < 4.78 is 43.0. The maximum absolute atomic E-state index is 12.6. The number of hydrogen-bond acceptors (Lipinski definition) is 2. The highest BCUT2D eigenvalue weighted by molar-refractivity contribution is 5.82. The van der Waals surface area contributed by atoms with Crippen molar-refractivity contribution >= 4 is 11.0 Å². The molecule has 92 valence electrons. The third-order valence-corrected chi connectivity index (χ3v) is 2.82. The maximum atomic E-state index is 12.6. The van der Waals surface area contributed by atoms with Crippen LogP contribution in [0.15, 0.2) is 28.9 Å². The number of fused-ring (bicyclic) bond motifs is 1. The lowest BCUT2D eigenvalue weighted by molar-refractivity contribution is -0.137. The van der Waals surface area contributed by atoms with Gasteiger partial charge in [-0.15, -0.1) is 0 Å². The molecule has 2 aromatic rings. The highest BCUT2D eigenvalue weighted by Crippen LogP contribution is 2.34. The van der Waals surface area contributed by atoms with Gasteiger partial charge in [-0.2, -0.15) is 13.2 Å². The summed E-state index contributed by atoms with van der Waals surface area (Å²) in [7, 11) is 0. The molecule has 0 aliphatic heterocycles. The van der Waals surface area contributed by atoms with Crippen molar-refractivity contribution in [2.75, 3.05) is 6.54 Å². The van der Waals surface area contributed by atoms with Crippen LogP contribution in [0.25, 0.3) is 11.0 Å². The van der Waals surface area contributed by atoms with Crippen LogP contribution in [0.3, 0.4) is 0 Å². The monoisotopic (exact) mass is 243 g/mol. The average molecular weight is 243 g/mol. The smallest absolute Gasteiger partial charge is 0.416 e. The van der Waals surface area contributed by atoms with Crippen LogP contribution in [-0.4, -0.2) is 6.54 Å². The Kier molecular flexibility index (Phi) is 2.87. The minimum Gasteiger partial charge on any atom is -0.464 e. The Morgan fingerprint density at radius 1 is 1.35 bits per heavy atom. The Bertz CT molecular complexity index is 530. The van der Waals surface area contributed by atoms with Crippen molar-refractivity contribution in [1.29, 1.82) is 0 Å². The largest absolute Gasteiger partial charge is 0.464 e. The third-order valence-electron chi connectivity index (χ3n) is 2.82. The summed E-state index contributed by atoms with van der Waals surface area (Å²) in [4.78, 5) is 0. The summed E-state index contributed by atoms with van der Waals surface area (Å²) in [6.45, 7) is 2.22. The van der Waals surface area contributed by atoms with E-state index < -0.39 is 11.7 Å². The predicted molar refractivity (Wildman–Crippen MR) is 58.7 cm³/mol. The van der Waals surface area contributed by atoms with Gasteiger partial charge in [-0.3, -0.25) is 0 Å². The zero-order chi connectivity index (χ0) is 12.6. The van der Waals surface area contributed by atoms with Gasteiger partial charge in [0.25, 0.3) is 0 Å². The minimum absolute atomic E-state index is 0.0280. The number of nitrogens with two attached hydrogens (primary N) is 1. The first-order valence-corrected chi connectivity index (χ1v) is 5.22. The van der Waals surface area contributed by atoms with Gasteiger partial charge in [0.1, 0.15) is 5.58 Å². The van der Waals surface area contributed by atoms with Crippen molar-refractivity contribution in [3.63, 3.8) is 0 Å². The maximum Gasteiger partial charge on any atom is 0.416 e. The zero-order valence-corrected chi connectivity index (χ0v) is 9.21. The first-order valence-electron chi connectivity index (χ1n) is 5.22. The Balaban J connectivity index is 2.58. The van der Waals surface area contributed by atoms with Gasteiger partial charge in [-0.25, -0.2) is 0 Å². The molecule has 0 spiro atoms. The number of furan rings is 1. The summed E-state index contributed by atoms with van der Waals surface area (Å²) in [6, 6.07) is 3.47. The summed E-state index contributed by atoms with van der Waals surface area (Å²) >= 11 is 0. The predicted octanol–water partition coefficient (Wildman–Crippen LogP) is 3.51. The van der Waals surface area contributed by atoms with Crippen molar-refractivity contribution in [2.45, 2.75) is 19.0 Å². The molecule has 1 heterocycles. The van der Waals surface area contributed by atoms with Crippen LogP contribution < -0.4 is 5.73 Å². The van der Waals surface area contributed by atoms with Crippen molar-refractivity contribution < 1.29 is 17.6 Å². The number of hydrogen-bond donors (Lipinski definition) is 1. The SMILES string of the molecule is CC(CN)c1coc2ccc(C(F)(F)F)cc12. The van der Waals surface area contributed by atoms with Crippen molar-refractivity contribution in [3.8, 4) is 0 Å². The molecule has 2 N–H and O–H groups in total. The third kappa shape index (κ3) is 2.15. The van der Waals surface area contributed by atoms with Crippen LogP contribution >= 0.6 is 0 Å². The fraction of sp³-hybridized carbons (Fsp3) is 0.333. The van der Waals surface area contributed by atoms with Crippen molar-refractivity contribution in [3.05, 3.63) is 35.6 Å². The molecular formula is C12H12F3NO. The standard InChI is InChI=1S/C12H12F3NO/c1-7(5-16)10-6-17-11-3-2-8(4-9(10)11)12(13,14)15/h2-4,6-7H,5,16H2,1H3. The molecule has 2 rings (SSSR count). The number of halogens is 3. The zero-order valence-electron chi connectivity index (χ0n) is 9.21. The molecule has 0 saturated heterocycles. The number of benzene rings is 1. The highest BCUT2D eigenvalue weighted by Gasteiger charge is 2.31. The molecule has 5 heteroatoms. The minimum atomic E-state index is -4.34. The lowest BCUT2D eigenvalue weighted by Gasteiger charge is -2.08. The van der Waals surface area contributed by atoms with Gasteiger partial charge in [-0.1, -0.05) is 6.92 Å². The lowest BCUT2D eigenvalue weighted by atomic mass is 9.99. The Labute approximate surface area is 96.2 Å². The van der Waals surface area contributed by atoms with Crippen LogP contribution in [0.1, 0.15) is 24.0 Å². The highest BCUT2D eigenvalue weighted by atomic mass is 19.4. The van der Waals surface area contributed by atoms with Crippen molar-refractivity contribution in [1.82, 2.24) is 0 Å². The summed E-state index contributed by atoms with van der Waals surface area (Å²) in [6.07, 6.45) is -2.86. The molecule has 0 saturated carbocycles. The Morgan fingerprint density at radius 3 is 2.65 bits per heavy atom. The molecule has 0 aliphatic carbocycles. The molecule has 2 nitrogen and oxygen atoms in total. The van der Waals surface area contributed by atoms with Gasteiger partial charge in [0.05, 0.1) is 11.8 Å². The van der Waals surface area contributed by atoms with Gasteiger partial charge >= 0.3 is 6.18 Å². The molecular weight excluding hydrogens is 231 g/mol. The normalized spacial score (nSPS) is 14.2. The van der Waals surface area contributed by atoms with E-state index in [1.54, 1.807) is 0 Å². The molecule has 1 aromatic carbocycles. The summed E-state index contributed by atoms with van der Waals surface area (Å²) in [5.41, 5.74) is 6.01. The van der Waals surface area contributed by atoms with Crippen LogP contribution in [0, 0.1) is 0 Å². The molecule has 1 aromatic heterocycles. The molecule has 0 bridgehead atoms. The number of alkyl halides is 3. The molecule has 0 radical (unpaired) electrons. The van der Waals surface area contributed by atoms with Crippen LogP contribution in [0.5, 0.6) is 0 Å². The molecule has 0 amide bonds. The van der Waals surface area contributed by atoms with Crippen LogP contribution in [0.2, 0.25) is 0 Å². The average Bonchev–Trinajstić information content (AvgIpc) is 2.69. The topological polar surface area (TPSA) is 39.2 Å². The van der Waals surface area contributed by atoms with E-state index in [2.05, 4.69) is 0 Å². The van der Waals surface area contributed by atoms with Crippen LogP contribution in [-0.2, 0) is 6.18 Å². The molecule has 17 heavy (non-hydrogen) atoms. The molecule has 0 fully saturated rings. The van der Waals surface area contributed by atoms with Gasteiger partial charge in [-0.05, 0) is 30.7 Å². The van der Waals surface area contributed by atoms with E-state index in [0.29, 0.717) is 23.1 Å². The van der Waals surface area contributed by atoms with Gasteiger partial charge in [0, 0.05) is 10.9 Å². The van der Waals surface area contributed by atoms with E-state index in [0.717, 1.165) is 12.1 Å². The summed E-state index contributed by atoms with van der Waals surface area (Å²) in [5.74, 6) is -0.0280. The quantitative estimate of drug-likeness (QED) is 0.876. The molecule has 0 aliphatic rings. The Morgan fingerprint density at radius 2 is 2.06 bits per heavy atom. The fourth-order valence-electron chi connectivity index (χ4n) is 1.73. The van der Waals surface area contributed by atoms with Gasteiger partial charge in [0.2, 0.25) is 0 Å². The van der Waals surface area contributed by atoms with Gasteiger partial charge in [0.15, 0.2) is 0 Å². The van der Waals surface area contributed by atoms with Crippen LogP contribution in [0.4, 0.5) is 13.2 Å². The fourth-order valence-corrected chi connectivity index (χ4v) is 1.73. The lowest BCUT2D eigenvalue weighted by Crippen LogP contribution is -2.08. The number of rotatable bonds is 2. The molecule has 1 unspecified atom stereocenters. The second-order valence-electron chi connectivity index (χ2n) is 4.04.